The first kappa shape index (κ1) is 14.7. The fraction of sp³-hybridized carbons (Fsp3) is 0.462. The average Bonchev–Trinajstić information content (AvgIpc) is 2.36. The van der Waals surface area contributed by atoms with Crippen LogP contribution in [0.4, 0.5) is 0 Å². The maximum absolute atomic E-state index is 11.8. The third-order valence-corrected chi connectivity index (χ3v) is 3.60. The molecule has 0 fully saturated rings. The Morgan fingerprint density at radius 2 is 2.12 bits per heavy atom. The van der Waals surface area contributed by atoms with E-state index in [1.165, 1.54) is 5.56 Å². The third kappa shape index (κ3) is 4.11. The van der Waals surface area contributed by atoms with Gasteiger partial charge in [0.1, 0.15) is 0 Å². The molecule has 1 aromatic rings. The maximum Gasteiger partial charge on any atom is 0.338 e. The summed E-state index contributed by atoms with van der Waals surface area (Å²) in [6, 6.07) is 5.82. The molecule has 1 aromatic carbocycles. The first-order valence-corrected chi connectivity index (χ1v) is 7.88. The lowest BCUT2D eigenvalue weighted by molar-refractivity contribution is 0.0525. The standard InChI is InChI=1S/C13H16Br2O2/c1-2-17-13(16)11-7-3-5-10(6-4-8-14)12(11)9-15/h3,5,7H,2,4,6,8-9H2,1H3. The molecule has 0 heterocycles. The van der Waals surface area contributed by atoms with Crippen LogP contribution in [0.1, 0.15) is 34.8 Å². The number of aryl methyl sites for hydroxylation is 1. The van der Waals surface area contributed by atoms with Crippen molar-refractivity contribution in [3.05, 3.63) is 34.9 Å². The molecule has 17 heavy (non-hydrogen) atoms. The molecule has 0 bridgehead atoms. The Bertz CT molecular complexity index is 378. The molecule has 0 amide bonds. The molecule has 0 unspecified atom stereocenters. The summed E-state index contributed by atoms with van der Waals surface area (Å²) in [6.45, 7) is 2.23. The van der Waals surface area contributed by atoms with E-state index in [-0.39, 0.29) is 5.97 Å². The van der Waals surface area contributed by atoms with Crippen molar-refractivity contribution in [3.63, 3.8) is 0 Å². The maximum atomic E-state index is 11.8. The van der Waals surface area contributed by atoms with Crippen LogP contribution >= 0.6 is 31.9 Å². The van der Waals surface area contributed by atoms with Gasteiger partial charge in [-0.1, -0.05) is 44.0 Å². The van der Waals surface area contributed by atoms with E-state index >= 15 is 0 Å². The van der Waals surface area contributed by atoms with Gasteiger partial charge in [0.05, 0.1) is 12.2 Å². The molecule has 0 spiro atoms. The zero-order chi connectivity index (χ0) is 12.7. The predicted octanol–water partition coefficient (Wildman–Crippen LogP) is 4.09. The summed E-state index contributed by atoms with van der Waals surface area (Å²) < 4.78 is 5.06. The summed E-state index contributed by atoms with van der Waals surface area (Å²) in [5, 5.41) is 1.65. The van der Waals surface area contributed by atoms with E-state index in [0.717, 1.165) is 23.7 Å². The van der Waals surface area contributed by atoms with Gasteiger partial charge in [0.15, 0.2) is 0 Å². The molecule has 1 rings (SSSR count). The van der Waals surface area contributed by atoms with Crippen LogP contribution < -0.4 is 0 Å². The van der Waals surface area contributed by atoms with Crippen molar-refractivity contribution in [2.75, 3.05) is 11.9 Å². The van der Waals surface area contributed by atoms with Gasteiger partial charge < -0.3 is 4.74 Å². The van der Waals surface area contributed by atoms with E-state index < -0.39 is 0 Å². The van der Waals surface area contributed by atoms with E-state index in [4.69, 9.17) is 4.74 Å². The zero-order valence-electron chi connectivity index (χ0n) is 9.84. The van der Waals surface area contributed by atoms with Crippen molar-refractivity contribution in [3.8, 4) is 0 Å². The molecular weight excluding hydrogens is 348 g/mol. The number of halogens is 2. The van der Waals surface area contributed by atoms with Crippen molar-refractivity contribution < 1.29 is 9.53 Å². The van der Waals surface area contributed by atoms with Gasteiger partial charge in [0, 0.05) is 10.7 Å². The van der Waals surface area contributed by atoms with Gasteiger partial charge in [0.25, 0.3) is 0 Å². The van der Waals surface area contributed by atoms with E-state index in [1.807, 2.05) is 19.1 Å². The van der Waals surface area contributed by atoms with E-state index in [0.29, 0.717) is 17.5 Å². The summed E-state index contributed by atoms with van der Waals surface area (Å²) in [4.78, 5) is 11.8. The quantitative estimate of drug-likeness (QED) is 0.562. The number of hydrogen-bond donors (Lipinski definition) is 0. The Morgan fingerprint density at radius 1 is 1.35 bits per heavy atom. The molecular formula is C13H16Br2O2. The van der Waals surface area contributed by atoms with Crippen molar-refractivity contribution >= 4 is 37.8 Å². The summed E-state index contributed by atoms with van der Waals surface area (Å²) in [5.74, 6) is -0.234. The van der Waals surface area contributed by atoms with E-state index in [2.05, 4.69) is 37.9 Å². The minimum absolute atomic E-state index is 0.234. The van der Waals surface area contributed by atoms with Crippen molar-refractivity contribution in [1.29, 1.82) is 0 Å². The fourth-order valence-corrected chi connectivity index (χ4v) is 2.63. The van der Waals surface area contributed by atoms with Crippen LogP contribution in [-0.2, 0) is 16.5 Å². The van der Waals surface area contributed by atoms with Crippen LogP contribution in [0.15, 0.2) is 18.2 Å². The van der Waals surface area contributed by atoms with Crippen LogP contribution in [0.2, 0.25) is 0 Å². The smallest absolute Gasteiger partial charge is 0.338 e. The molecule has 0 aromatic heterocycles. The van der Waals surface area contributed by atoms with Crippen LogP contribution in [0.3, 0.4) is 0 Å². The minimum atomic E-state index is -0.234. The highest BCUT2D eigenvalue weighted by atomic mass is 79.9. The SMILES string of the molecule is CCOC(=O)c1cccc(CCCBr)c1CBr. The highest BCUT2D eigenvalue weighted by Gasteiger charge is 2.14. The Kier molecular flexibility index (Phi) is 6.82. The molecule has 0 aliphatic carbocycles. The lowest BCUT2D eigenvalue weighted by atomic mass is 9.99. The van der Waals surface area contributed by atoms with E-state index in [1.54, 1.807) is 0 Å². The Labute approximate surface area is 119 Å². The minimum Gasteiger partial charge on any atom is -0.462 e. The largest absolute Gasteiger partial charge is 0.462 e. The molecule has 0 N–H and O–H groups in total. The molecule has 0 radical (unpaired) electrons. The first-order chi connectivity index (χ1) is 8.24. The lowest BCUT2D eigenvalue weighted by Crippen LogP contribution is -2.09. The number of benzene rings is 1. The molecule has 0 saturated carbocycles. The molecule has 0 atom stereocenters. The van der Waals surface area contributed by atoms with Crippen LogP contribution in [0.25, 0.3) is 0 Å². The monoisotopic (exact) mass is 362 g/mol. The first-order valence-electron chi connectivity index (χ1n) is 5.64. The van der Waals surface area contributed by atoms with Gasteiger partial charge in [-0.05, 0) is 37.0 Å². The summed E-state index contributed by atoms with van der Waals surface area (Å²) in [6.07, 6.45) is 2.03. The Hall–Kier alpha value is -0.350. The van der Waals surface area contributed by atoms with Gasteiger partial charge >= 0.3 is 5.97 Å². The molecule has 2 nitrogen and oxygen atoms in total. The Balaban J connectivity index is 3.00. The fourth-order valence-electron chi connectivity index (χ4n) is 1.68. The predicted molar refractivity (Wildman–Crippen MR) is 77.1 cm³/mol. The average molecular weight is 364 g/mol. The number of hydrogen-bond acceptors (Lipinski definition) is 2. The van der Waals surface area contributed by atoms with Crippen molar-refractivity contribution in [2.45, 2.75) is 25.1 Å². The summed E-state index contributed by atoms with van der Waals surface area (Å²) >= 11 is 6.87. The van der Waals surface area contributed by atoms with Crippen molar-refractivity contribution in [2.24, 2.45) is 0 Å². The third-order valence-electron chi connectivity index (χ3n) is 2.48. The molecule has 94 valence electrons. The number of ether oxygens (including phenoxy) is 1. The van der Waals surface area contributed by atoms with Crippen LogP contribution in [0.5, 0.6) is 0 Å². The zero-order valence-corrected chi connectivity index (χ0v) is 13.0. The number of carbonyl (C=O) groups is 1. The molecule has 0 aliphatic rings. The second kappa shape index (κ2) is 7.88. The number of esters is 1. The Morgan fingerprint density at radius 3 is 2.71 bits per heavy atom. The van der Waals surface area contributed by atoms with E-state index in [9.17, 15) is 4.79 Å². The topological polar surface area (TPSA) is 26.3 Å². The highest BCUT2D eigenvalue weighted by Crippen LogP contribution is 2.21. The van der Waals surface area contributed by atoms with Gasteiger partial charge in [-0.2, -0.15) is 0 Å². The lowest BCUT2D eigenvalue weighted by Gasteiger charge is -2.11. The van der Waals surface area contributed by atoms with Crippen LogP contribution in [-0.4, -0.2) is 17.9 Å². The van der Waals surface area contributed by atoms with Gasteiger partial charge in [-0.3, -0.25) is 0 Å². The number of rotatable bonds is 6. The highest BCUT2D eigenvalue weighted by molar-refractivity contribution is 9.09. The van der Waals surface area contributed by atoms with Gasteiger partial charge in [-0.15, -0.1) is 0 Å². The van der Waals surface area contributed by atoms with Gasteiger partial charge in [-0.25, -0.2) is 4.79 Å². The normalized spacial score (nSPS) is 10.3. The van der Waals surface area contributed by atoms with Crippen molar-refractivity contribution in [1.82, 2.24) is 0 Å². The summed E-state index contributed by atoms with van der Waals surface area (Å²) in [5.41, 5.74) is 2.94. The van der Waals surface area contributed by atoms with Crippen LogP contribution in [0, 0.1) is 0 Å². The van der Waals surface area contributed by atoms with Gasteiger partial charge in [0.2, 0.25) is 0 Å². The summed E-state index contributed by atoms with van der Waals surface area (Å²) in [7, 11) is 0. The number of alkyl halides is 2. The molecule has 4 heteroatoms. The molecule has 0 aliphatic heterocycles. The second-order valence-electron chi connectivity index (χ2n) is 3.59. The molecule has 0 saturated heterocycles. The second-order valence-corrected chi connectivity index (χ2v) is 4.94. The number of carbonyl (C=O) groups excluding carboxylic acids is 1.